The average Bonchev–Trinajstić information content (AvgIpc) is 3.21. The van der Waals surface area contributed by atoms with E-state index in [1.54, 1.807) is 40.0 Å². The van der Waals surface area contributed by atoms with E-state index in [-0.39, 0.29) is 24.2 Å². The van der Waals surface area contributed by atoms with Gasteiger partial charge in [-0.3, -0.25) is 19.3 Å². The van der Waals surface area contributed by atoms with E-state index in [1.807, 2.05) is 0 Å². The second-order valence-corrected chi connectivity index (χ2v) is 8.84. The number of rotatable bonds is 7. The standard InChI is InChI=1S/C24H27F4N5O3/c1-12(2)19(32-21(34)13(3)29-4)23(36)33-18(10-14-6-5-9-30-20(14)33)22(35)31-17-8-7-15(11-16(17)25)24(26,27)28/h5-9,11-13,18-19,29H,10H2,1-4H3,(H,31,35)(H,32,34)/t13-,18?,19?/m0/s1. The van der Waals surface area contributed by atoms with Gasteiger partial charge >= 0.3 is 6.18 Å². The first-order valence-corrected chi connectivity index (χ1v) is 11.3. The van der Waals surface area contributed by atoms with Crippen molar-refractivity contribution in [2.75, 3.05) is 17.3 Å². The zero-order chi connectivity index (χ0) is 26.8. The number of aromatic nitrogens is 1. The molecule has 3 amide bonds. The maximum atomic E-state index is 14.4. The number of anilines is 2. The van der Waals surface area contributed by atoms with Crippen LogP contribution in [0.3, 0.4) is 0 Å². The maximum Gasteiger partial charge on any atom is 0.416 e. The van der Waals surface area contributed by atoms with Crippen molar-refractivity contribution < 1.29 is 31.9 Å². The van der Waals surface area contributed by atoms with Crippen LogP contribution in [-0.2, 0) is 27.0 Å². The van der Waals surface area contributed by atoms with Crippen molar-refractivity contribution in [3.05, 3.63) is 53.5 Å². The molecule has 2 unspecified atom stereocenters. The zero-order valence-electron chi connectivity index (χ0n) is 20.1. The van der Waals surface area contributed by atoms with E-state index in [4.69, 9.17) is 0 Å². The highest BCUT2D eigenvalue weighted by Gasteiger charge is 2.43. The fourth-order valence-corrected chi connectivity index (χ4v) is 3.80. The van der Waals surface area contributed by atoms with E-state index in [0.717, 1.165) is 11.0 Å². The van der Waals surface area contributed by atoms with Gasteiger partial charge in [-0.05, 0) is 49.7 Å². The summed E-state index contributed by atoms with van der Waals surface area (Å²) in [5.74, 6) is -3.22. The van der Waals surface area contributed by atoms with Crippen LogP contribution >= 0.6 is 0 Å². The van der Waals surface area contributed by atoms with Crippen molar-refractivity contribution in [3.63, 3.8) is 0 Å². The number of alkyl halides is 3. The predicted octanol–water partition coefficient (Wildman–Crippen LogP) is 2.88. The van der Waals surface area contributed by atoms with Gasteiger partial charge in [-0.25, -0.2) is 9.37 Å². The van der Waals surface area contributed by atoms with Crippen molar-refractivity contribution in [1.82, 2.24) is 15.6 Å². The molecule has 2 heterocycles. The van der Waals surface area contributed by atoms with Gasteiger partial charge in [0, 0.05) is 12.6 Å². The highest BCUT2D eigenvalue weighted by Crippen LogP contribution is 2.34. The van der Waals surface area contributed by atoms with Gasteiger partial charge in [-0.1, -0.05) is 19.9 Å². The summed E-state index contributed by atoms with van der Waals surface area (Å²) in [6, 6.07) is 2.33. The van der Waals surface area contributed by atoms with Crippen LogP contribution in [0.5, 0.6) is 0 Å². The quantitative estimate of drug-likeness (QED) is 0.498. The van der Waals surface area contributed by atoms with Crippen LogP contribution < -0.4 is 20.9 Å². The Morgan fingerprint density at radius 1 is 1.14 bits per heavy atom. The summed E-state index contributed by atoms with van der Waals surface area (Å²) in [5, 5.41) is 7.77. The van der Waals surface area contributed by atoms with Gasteiger partial charge < -0.3 is 16.0 Å². The molecule has 1 aromatic carbocycles. The Morgan fingerprint density at radius 3 is 2.42 bits per heavy atom. The van der Waals surface area contributed by atoms with E-state index in [0.29, 0.717) is 11.6 Å². The van der Waals surface area contributed by atoms with Gasteiger partial charge in [0.05, 0.1) is 17.3 Å². The molecule has 0 saturated heterocycles. The van der Waals surface area contributed by atoms with Crippen LogP contribution in [0.2, 0.25) is 0 Å². The minimum absolute atomic E-state index is 0.0503. The number of nitrogens with zero attached hydrogens (tertiary/aromatic N) is 2. The van der Waals surface area contributed by atoms with E-state index < -0.39 is 59.1 Å². The van der Waals surface area contributed by atoms with Gasteiger partial charge in [0.15, 0.2) is 0 Å². The molecule has 0 radical (unpaired) electrons. The number of likely N-dealkylation sites (N-methyl/N-ethyl adjacent to an activating group) is 1. The van der Waals surface area contributed by atoms with Crippen LogP contribution in [0.25, 0.3) is 0 Å². The van der Waals surface area contributed by atoms with E-state index in [1.165, 1.54) is 6.20 Å². The predicted molar refractivity (Wildman–Crippen MR) is 125 cm³/mol. The summed E-state index contributed by atoms with van der Waals surface area (Å²) >= 11 is 0. The molecule has 0 bridgehead atoms. The summed E-state index contributed by atoms with van der Waals surface area (Å²) < 4.78 is 53.0. The fraction of sp³-hybridized carbons (Fsp3) is 0.417. The molecule has 0 spiro atoms. The van der Waals surface area contributed by atoms with Crippen LogP contribution in [0.15, 0.2) is 36.5 Å². The summed E-state index contributed by atoms with van der Waals surface area (Å²) in [4.78, 5) is 44.7. The molecular weight excluding hydrogens is 482 g/mol. The number of nitrogens with one attached hydrogen (secondary N) is 3. The molecule has 194 valence electrons. The smallest absolute Gasteiger partial charge is 0.343 e. The number of amides is 3. The first kappa shape index (κ1) is 27.1. The summed E-state index contributed by atoms with van der Waals surface area (Å²) in [5.41, 5.74) is -1.07. The molecule has 3 atom stereocenters. The number of fused-ring (bicyclic) bond motifs is 1. The fourth-order valence-electron chi connectivity index (χ4n) is 3.80. The molecule has 0 fully saturated rings. The maximum absolute atomic E-state index is 14.4. The molecular formula is C24H27F4N5O3. The summed E-state index contributed by atoms with van der Waals surface area (Å²) in [6.45, 7) is 5.09. The molecule has 0 aliphatic carbocycles. The molecule has 0 saturated carbocycles. The molecule has 1 aromatic heterocycles. The number of pyridine rings is 1. The van der Waals surface area contributed by atoms with E-state index in [2.05, 4.69) is 20.9 Å². The third-order valence-corrected chi connectivity index (χ3v) is 5.97. The van der Waals surface area contributed by atoms with E-state index in [9.17, 15) is 31.9 Å². The Kier molecular flexibility index (Phi) is 7.97. The second-order valence-electron chi connectivity index (χ2n) is 8.84. The lowest BCUT2D eigenvalue weighted by molar-refractivity contribution is -0.137. The third-order valence-electron chi connectivity index (χ3n) is 5.97. The number of benzene rings is 1. The lowest BCUT2D eigenvalue weighted by Gasteiger charge is -2.31. The number of carbonyl (C=O) groups is 3. The largest absolute Gasteiger partial charge is 0.416 e. The highest BCUT2D eigenvalue weighted by molar-refractivity contribution is 6.09. The van der Waals surface area contributed by atoms with Crippen molar-refractivity contribution >= 4 is 29.2 Å². The van der Waals surface area contributed by atoms with Gasteiger partial charge in [0.25, 0.3) is 5.91 Å². The number of carbonyl (C=O) groups excluding carboxylic acids is 3. The molecule has 2 aromatic rings. The van der Waals surface area contributed by atoms with E-state index >= 15 is 0 Å². The topological polar surface area (TPSA) is 103 Å². The van der Waals surface area contributed by atoms with Crippen molar-refractivity contribution in [3.8, 4) is 0 Å². The average molecular weight is 510 g/mol. The summed E-state index contributed by atoms with van der Waals surface area (Å²) in [6.07, 6.45) is -3.25. The number of hydrogen-bond donors (Lipinski definition) is 3. The van der Waals surface area contributed by atoms with Crippen LogP contribution in [0.1, 0.15) is 31.9 Å². The third kappa shape index (κ3) is 5.64. The lowest BCUT2D eigenvalue weighted by Crippen LogP contribution is -2.57. The Bertz CT molecular complexity index is 1150. The molecule has 8 nitrogen and oxygen atoms in total. The number of hydrogen-bond acceptors (Lipinski definition) is 5. The Hall–Kier alpha value is -3.54. The zero-order valence-corrected chi connectivity index (χ0v) is 20.1. The van der Waals surface area contributed by atoms with Gasteiger partial charge in [-0.2, -0.15) is 13.2 Å². The molecule has 1 aliphatic heterocycles. The first-order valence-electron chi connectivity index (χ1n) is 11.3. The van der Waals surface area contributed by atoms with Gasteiger partial charge in [0.2, 0.25) is 11.8 Å². The molecule has 12 heteroatoms. The minimum atomic E-state index is -4.74. The van der Waals surface area contributed by atoms with Gasteiger partial charge in [-0.15, -0.1) is 0 Å². The van der Waals surface area contributed by atoms with Crippen LogP contribution in [0, 0.1) is 11.7 Å². The Labute approximate surface area is 205 Å². The minimum Gasteiger partial charge on any atom is -0.343 e. The van der Waals surface area contributed by atoms with Crippen molar-refractivity contribution in [2.45, 2.75) is 51.5 Å². The van der Waals surface area contributed by atoms with Crippen molar-refractivity contribution in [1.29, 1.82) is 0 Å². The summed E-state index contributed by atoms with van der Waals surface area (Å²) in [7, 11) is 1.60. The molecule has 3 rings (SSSR count). The Balaban J connectivity index is 1.91. The lowest BCUT2D eigenvalue weighted by atomic mass is 10.0. The molecule has 36 heavy (non-hydrogen) atoms. The first-order chi connectivity index (χ1) is 16.8. The van der Waals surface area contributed by atoms with Crippen molar-refractivity contribution in [2.24, 2.45) is 5.92 Å². The normalized spacial score (nSPS) is 16.9. The molecule has 1 aliphatic rings. The monoisotopic (exact) mass is 509 g/mol. The van der Waals surface area contributed by atoms with Gasteiger partial charge in [0.1, 0.15) is 23.7 Å². The Morgan fingerprint density at radius 2 is 1.83 bits per heavy atom. The van der Waals surface area contributed by atoms with Crippen LogP contribution in [-0.4, -0.2) is 47.9 Å². The van der Waals surface area contributed by atoms with Crippen LogP contribution in [0.4, 0.5) is 29.1 Å². The SMILES string of the molecule is CN[C@@H](C)C(=O)NC(C(=O)N1c2ncccc2CC1C(=O)Nc1ccc(C(F)(F)F)cc1F)C(C)C. The molecule has 3 N–H and O–H groups in total. The highest BCUT2D eigenvalue weighted by atomic mass is 19.4. The second kappa shape index (κ2) is 10.6. The number of halogens is 4.